The Kier molecular flexibility index (Phi) is 3.28. The first kappa shape index (κ1) is 12.9. The minimum Gasteiger partial charge on any atom is -0.496 e. The molecule has 0 unspecified atom stereocenters. The average molecular weight is 282 g/mol. The Bertz CT molecular complexity index is 754. The molecule has 0 aliphatic heterocycles. The van der Waals surface area contributed by atoms with Crippen molar-refractivity contribution < 1.29 is 9.53 Å². The van der Waals surface area contributed by atoms with Gasteiger partial charge in [0, 0.05) is 10.3 Å². The van der Waals surface area contributed by atoms with Crippen LogP contribution in [0.3, 0.4) is 0 Å². The minimum absolute atomic E-state index is 0.0666. The summed E-state index contributed by atoms with van der Waals surface area (Å²) in [6, 6.07) is 15.5. The van der Waals surface area contributed by atoms with Gasteiger partial charge in [0.15, 0.2) is 0 Å². The summed E-state index contributed by atoms with van der Waals surface area (Å²) in [6.07, 6.45) is 0. The van der Waals surface area contributed by atoms with Crippen molar-refractivity contribution in [3.05, 3.63) is 64.5 Å². The molecule has 0 amide bonds. The van der Waals surface area contributed by atoms with Crippen molar-refractivity contribution in [3.8, 4) is 5.75 Å². The lowest BCUT2D eigenvalue weighted by Gasteiger charge is -2.05. The van der Waals surface area contributed by atoms with Crippen molar-refractivity contribution in [1.29, 1.82) is 0 Å². The number of methoxy groups -OCH3 is 1. The molecule has 3 aromatic rings. The highest BCUT2D eigenvalue weighted by Gasteiger charge is 2.13. The zero-order valence-electron chi connectivity index (χ0n) is 11.3. The Balaban J connectivity index is 2.01. The van der Waals surface area contributed by atoms with E-state index in [-0.39, 0.29) is 5.78 Å². The Morgan fingerprint density at radius 1 is 1.10 bits per heavy atom. The summed E-state index contributed by atoms with van der Waals surface area (Å²) < 4.78 is 6.36. The van der Waals surface area contributed by atoms with E-state index in [1.807, 2.05) is 55.5 Å². The molecular formula is C17H14O2S. The molecule has 0 N–H and O–H groups in total. The number of ether oxygens (including phenoxy) is 1. The SMILES string of the molecule is COc1ccc(C(=O)c2cc3ccccc3s2)cc1C. The van der Waals surface area contributed by atoms with Gasteiger partial charge in [-0.15, -0.1) is 11.3 Å². The highest BCUT2D eigenvalue weighted by molar-refractivity contribution is 7.21. The maximum absolute atomic E-state index is 12.5. The zero-order valence-corrected chi connectivity index (χ0v) is 12.2. The van der Waals surface area contributed by atoms with E-state index in [2.05, 4.69) is 0 Å². The lowest BCUT2D eigenvalue weighted by molar-refractivity contribution is 0.104. The lowest BCUT2D eigenvalue weighted by Crippen LogP contribution is -1.99. The molecule has 0 atom stereocenters. The second-order valence-corrected chi connectivity index (χ2v) is 5.75. The summed E-state index contributed by atoms with van der Waals surface area (Å²) in [5, 5.41) is 1.12. The van der Waals surface area contributed by atoms with Crippen LogP contribution in [0, 0.1) is 6.92 Å². The van der Waals surface area contributed by atoms with Crippen molar-refractivity contribution >= 4 is 27.2 Å². The molecule has 100 valence electrons. The van der Waals surface area contributed by atoms with Crippen LogP contribution in [0.25, 0.3) is 10.1 Å². The zero-order chi connectivity index (χ0) is 14.1. The first-order valence-corrected chi connectivity index (χ1v) is 7.18. The summed E-state index contributed by atoms with van der Waals surface area (Å²) in [4.78, 5) is 13.3. The van der Waals surface area contributed by atoms with Crippen LogP contribution >= 0.6 is 11.3 Å². The van der Waals surface area contributed by atoms with Gasteiger partial charge in [-0.25, -0.2) is 0 Å². The summed E-state index contributed by atoms with van der Waals surface area (Å²) in [5.41, 5.74) is 1.68. The van der Waals surface area contributed by atoms with Gasteiger partial charge in [-0.3, -0.25) is 4.79 Å². The Hall–Kier alpha value is -2.13. The van der Waals surface area contributed by atoms with E-state index in [4.69, 9.17) is 4.74 Å². The van der Waals surface area contributed by atoms with Gasteiger partial charge in [-0.05, 0) is 48.2 Å². The second-order valence-electron chi connectivity index (χ2n) is 4.66. The molecule has 0 radical (unpaired) electrons. The highest BCUT2D eigenvalue weighted by atomic mass is 32.1. The molecular weight excluding hydrogens is 268 g/mol. The van der Waals surface area contributed by atoms with Crippen molar-refractivity contribution in [2.75, 3.05) is 7.11 Å². The third-order valence-corrected chi connectivity index (χ3v) is 4.42. The van der Waals surface area contributed by atoms with E-state index in [0.29, 0.717) is 5.56 Å². The van der Waals surface area contributed by atoms with E-state index in [1.165, 1.54) is 11.3 Å². The largest absolute Gasteiger partial charge is 0.496 e. The van der Waals surface area contributed by atoms with E-state index in [1.54, 1.807) is 7.11 Å². The van der Waals surface area contributed by atoms with Crippen LogP contribution in [0.15, 0.2) is 48.5 Å². The van der Waals surface area contributed by atoms with Gasteiger partial charge in [0.25, 0.3) is 0 Å². The third kappa shape index (κ3) is 2.21. The Morgan fingerprint density at radius 3 is 2.60 bits per heavy atom. The quantitative estimate of drug-likeness (QED) is 0.663. The first-order chi connectivity index (χ1) is 9.69. The smallest absolute Gasteiger partial charge is 0.202 e. The fraction of sp³-hybridized carbons (Fsp3) is 0.118. The third-order valence-electron chi connectivity index (χ3n) is 3.31. The number of carbonyl (C=O) groups is 1. The monoisotopic (exact) mass is 282 g/mol. The van der Waals surface area contributed by atoms with Crippen LogP contribution in [0.2, 0.25) is 0 Å². The van der Waals surface area contributed by atoms with Gasteiger partial charge in [-0.2, -0.15) is 0 Å². The molecule has 0 aliphatic carbocycles. The molecule has 1 heterocycles. The molecule has 20 heavy (non-hydrogen) atoms. The summed E-state index contributed by atoms with van der Waals surface area (Å²) in [6.45, 7) is 1.94. The van der Waals surface area contributed by atoms with Crippen LogP contribution in [-0.4, -0.2) is 12.9 Å². The molecule has 0 saturated carbocycles. The van der Waals surface area contributed by atoms with Crippen LogP contribution in [-0.2, 0) is 0 Å². The minimum atomic E-state index is 0.0666. The molecule has 0 fully saturated rings. The van der Waals surface area contributed by atoms with Crippen molar-refractivity contribution in [2.45, 2.75) is 6.92 Å². The Labute approximate surface area is 121 Å². The fourth-order valence-electron chi connectivity index (χ4n) is 2.26. The normalized spacial score (nSPS) is 10.7. The maximum Gasteiger partial charge on any atom is 0.202 e. The molecule has 0 aliphatic rings. The molecule has 1 aromatic heterocycles. The molecule has 2 aromatic carbocycles. The molecule has 0 bridgehead atoms. The molecule has 3 heteroatoms. The van der Waals surface area contributed by atoms with Crippen molar-refractivity contribution in [2.24, 2.45) is 0 Å². The van der Waals surface area contributed by atoms with Crippen LogP contribution in [0.4, 0.5) is 0 Å². The van der Waals surface area contributed by atoms with Gasteiger partial charge in [-0.1, -0.05) is 18.2 Å². The standard InChI is InChI=1S/C17H14O2S/c1-11-9-13(7-8-14(11)19-2)17(18)16-10-12-5-3-4-6-15(12)20-16/h3-10H,1-2H3. The van der Waals surface area contributed by atoms with Crippen molar-refractivity contribution in [3.63, 3.8) is 0 Å². The number of hydrogen-bond acceptors (Lipinski definition) is 3. The lowest BCUT2D eigenvalue weighted by atomic mass is 10.1. The fourth-order valence-corrected chi connectivity index (χ4v) is 3.28. The van der Waals surface area contributed by atoms with Gasteiger partial charge < -0.3 is 4.74 Å². The molecule has 2 nitrogen and oxygen atoms in total. The molecule has 3 rings (SSSR count). The maximum atomic E-state index is 12.5. The van der Waals surface area contributed by atoms with Gasteiger partial charge in [0.05, 0.1) is 12.0 Å². The van der Waals surface area contributed by atoms with E-state index in [0.717, 1.165) is 26.3 Å². The predicted octanol–water partition coefficient (Wildman–Crippen LogP) is 4.45. The number of carbonyl (C=O) groups excluding carboxylic acids is 1. The van der Waals surface area contributed by atoms with E-state index < -0.39 is 0 Å². The van der Waals surface area contributed by atoms with Gasteiger partial charge in [0.2, 0.25) is 5.78 Å². The van der Waals surface area contributed by atoms with E-state index >= 15 is 0 Å². The number of rotatable bonds is 3. The van der Waals surface area contributed by atoms with Crippen LogP contribution in [0.5, 0.6) is 5.75 Å². The van der Waals surface area contributed by atoms with Gasteiger partial charge >= 0.3 is 0 Å². The number of aryl methyl sites for hydroxylation is 1. The first-order valence-electron chi connectivity index (χ1n) is 6.37. The number of hydrogen-bond donors (Lipinski definition) is 0. The highest BCUT2D eigenvalue weighted by Crippen LogP contribution is 2.28. The topological polar surface area (TPSA) is 26.3 Å². The predicted molar refractivity (Wildman–Crippen MR) is 83.0 cm³/mol. The van der Waals surface area contributed by atoms with Crippen LogP contribution < -0.4 is 4.74 Å². The van der Waals surface area contributed by atoms with E-state index in [9.17, 15) is 4.79 Å². The summed E-state index contributed by atoms with van der Waals surface area (Å²) >= 11 is 1.54. The van der Waals surface area contributed by atoms with Crippen molar-refractivity contribution in [1.82, 2.24) is 0 Å². The number of fused-ring (bicyclic) bond motifs is 1. The average Bonchev–Trinajstić information content (AvgIpc) is 2.90. The molecule has 0 spiro atoms. The summed E-state index contributed by atoms with van der Waals surface area (Å²) in [7, 11) is 1.63. The second kappa shape index (κ2) is 5.10. The Morgan fingerprint density at radius 2 is 1.90 bits per heavy atom. The van der Waals surface area contributed by atoms with Gasteiger partial charge in [0.1, 0.15) is 5.75 Å². The number of benzene rings is 2. The number of ketones is 1. The van der Waals surface area contributed by atoms with Crippen LogP contribution in [0.1, 0.15) is 20.8 Å². The molecule has 0 saturated heterocycles. The summed E-state index contributed by atoms with van der Waals surface area (Å²) in [5.74, 6) is 0.870. The number of thiophene rings is 1.